The Hall–Kier alpha value is -2.57. The van der Waals surface area contributed by atoms with Crippen molar-refractivity contribution >= 4 is 22.7 Å². The van der Waals surface area contributed by atoms with Gasteiger partial charge >= 0.3 is 0 Å². The molecule has 2 heterocycles. The lowest BCUT2D eigenvalue weighted by Gasteiger charge is -2.10. The molecule has 5 nitrogen and oxygen atoms in total. The van der Waals surface area contributed by atoms with E-state index in [-0.39, 0.29) is 6.61 Å². The van der Waals surface area contributed by atoms with Crippen LogP contribution in [0.15, 0.2) is 53.7 Å². The Morgan fingerprint density at radius 3 is 2.65 bits per heavy atom. The first-order valence-corrected chi connectivity index (χ1v) is 9.51. The van der Waals surface area contributed by atoms with Crippen molar-refractivity contribution in [1.29, 1.82) is 0 Å². The number of aromatic nitrogens is 4. The van der Waals surface area contributed by atoms with E-state index in [2.05, 4.69) is 51.8 Å². The van der Waals surface area contributed by atoms with Crippen molar-refractivity contribution in [3.05, 3.63) is 59.8 Å². The summed E-state index contributed by atoms with van der Waals surface area (Å²) in [5, 5.41) is 20.0. The molecule has 0 bridgehead atoms. The first-order valence-electron chi connectivity index (χ1n) is 8.53. The van der Waals surface area contributed by atoms with Crippen LogP contribution in [-0.2, 0) is 0 Å². The van der Waals surface area contributed by atoms with Crippen LogP contribution in [0.5, 0.6) is 0 Å². The SMILES string of the molecule is Cc1[nH]c2ccc(-c3nnc(SCCO)n3-c3ccccc3)cc2c1C. The average molecular weight is 364 g/mol. The van der Waals surface area contributed by atoms with Crippen LogP contribution in [-0.4, -0.2) is 37.2 Å². The van der Waals surface area contributed by atoms with Crippen LogP contribution in [0.2, 0.25) is 0 Å². The summed E-state index contributed by atoms with van der Waals surface area (Å²) in [4.78, 5) is 3.41. The van der Waals surface area contributed by atoms with Crippen LogP contribution in [0.1, 0.15) is 11.3 Å². The number of nitrogens with zero attached hydrogens (tertiary/aromatic N) is 3. The first-order chi connectivity index (χ1) is 12.7. The predicted octanol–water partition coefficient (Wildman–Crippen LogP) is 4.12. The molecule has 2 aromatic carbocycles. The van der Waals surface area contributed by atoms with E-state index in [4.69, 9.17) is 0 Å². The van der Waals surface area contributed by atoms with Crippen LogP contribution in [0, 0.1) is 13.8 Å². The standard InChI is InChI=1S/C20H20N4OS/c1-13-14(2)21-18-9-8-15(12-17(13)18)19-22-23-20(26-11-10-25)24(19)16-6-4-3-5-7-16/h3-9,12,21,25H,10-11H2,1-2H3. The number of rotatable bonds is 5. The quantitative estimate of drug-likeness (QED) is 0.523. The molecule has 0 aliphatic heterocycles. The third-order valence-corrected chi connectivity index (χ3v) is 5.45. The molecule has 0 amide bonds. The van der Waals surface area contributed by atoms with Crippen LogP contribution >= 0.6 is 11.8 Å². The molecular weight excluding hydrogens is 344 g/mol. The van der Waals surface area contributed by atoms with Gasteiger partial charge in [-0.25, -0.2) is 0 Å². The van der Waals surface area contributed by atoms with Crippen molar-refractivity contribution < 1.29 is 5.11 Å². The lowest BCUT2D eigenvalue weighted by Crippen LogP contribution is -2.00. The van der Waals surface area contributed by atoms with Crippen LogP contribution in [0.25, 0.3) is 28.0 Å². The molecule has 0 atom stereocenters. The highest BCUT2D eigenvalue weighted by Crippen LogP contribution is 2.31. The molecule has 0 fully saturated rings. The molecule has 6 heteroatoms. The van der Waals surface area contributed by atoms with Crippen LogP contribution in [0.4, 0.5) is 0 Å². The summed E-state index contributed by atoms with van der Waals surface area (Å²) in [6.45, 7) is 4.32. The number of H-pyrrole nitrogens is 1. The van der Waals surface area contributed by atoms with E-state index in [1.807, 2.05) is 30.3 Å². The summed E-state index contributed by atoms with van der Waals surface area (Å²) in [5.41, 5.74) is 5.59. The lowest BCUT2D eigenvalue weighted by molar-refractivity contribution is 0.322. The van der Waals surface area contributed by atoms with Crippen molar-refractivity contribution in [1.82, 2.24) is 19.7 Å². The molecule has 0 unspecified atom stereocenters. The van der Waals surface area contributed by atoms with Gasteiger partial charge in [-0.15, -0.1) is 10.2 Å². The number of aromatic amines is 1. The number of aryl methyl sites for hydroxylation is 2. The molecule has 132 valence electrons. The van der Waals surface area contributed by atoms with Gasteiger partial charge in [0, 0.05) is 33.6 Å². The minimum atomic E-state index is 0.107. The highest BCUT2D eigenvalue weighted by molar-refractivity contribution is 7.99. The fourth-order valence-electron chi connectivity index (χ4n) is 3.10. The van der Waals surface area contributed by atoms with Gasteiger partial charge in [0.15, 0.2) is 11.0 Å². The number of thioether (sulfide) groups is 1. The molecule has 26 heavy (non-hydrogen) atoms. The topological polar surface area (TPSA) is 66.7 Å². The summed E-state index contributed by atoms with van der Waals surface area (Å²) < 4.78 is 2.05. The zero-order valence-electron chi connectivity index (χ0n) is 14.7. The van der Waals surface area contributed by atoms with E-state index in [1.54, 1.807) is 0 Å². The molecule has 4 rings (SSSR count). The predicted molar refractivity (Wildman–Crippen MR) is 106 cm³/mol. The van der Waals surface area contributed by atoms with Gasteiger partial charge in [-0.1, -0.05) is 30.0 Å². The van der Waals surface area contributed by atoms with E-state index in [1.165, 1.54) is 28.4 Å². The summed E-state index contributed by atoms with van der Waals surface area (Å²) >= 11 is 1.50. The number of hydrogen-bond acceptors (Lipinski definition) is 4. The Bertz CT molecular complexity index is 1050. The second kappa shape index (κ2) is 6.97. The molecule has 4 aromatic rings. The number of aliphatic hydroxyl groups is 1. The van der Waals surface area contributed by atoms with Gasteiger partial charge in [0.1, 0.15) is 0 Å². The van der Waals surface area contributed by atoms with Gasteiger partial charge in [0.2, 0.25) is 0 Å². The first kappa shape index (κ1) is 16.9. The average Bonchev–Trinajstić information content (AvgIpc) is 3.22. The minimum Gasteiger partial charge on any atom is -0.396 e. The fraction of sp³-hybridized carbons (Fsp3) is 0.200. The summed E-state index contributed by atoms with van der Waals surface area (Å²) in [6, 6.07) is 16.4. The van der Waals surface area contributed by atoms with Gasteiger partial charge in [-0.05, 0) is 49.7 Å². The van der Waals surface area contributed by atoms with Gasteiger partial charge < -0.3 is 10.1 Å². The second-order valence-corrected chi connectivity index (χ2v) is 7.25. The maximum Gasteiger partial charge on any atom is 0.196 e. The molecule has 2 aromatic heterocycles. The Balaban J connectivity index is 1.88. The maximum atomic E-state index is 9.18. The minimum absolute atomic E-state index is 0.107. The molecule has 0 aliphatic carbocycles. The zero-order chi connectivity index (χ0) is 18.1. The molecule has 0 radical (unpaired) electrons. The Morgan fingerprint density at radius 2 is 1.88 bits per heavy atom. The number of para-hydroxylation sites is 1. The third kappa shape index (κ3) is 2.91. The highest BCUT2D eigenvalue weighted by Gasteiger charge is 2.17. The fourth-order valence-corrected chi connectivity index (χ4v) is 3.79. The maximum absolute atomic E-state index is 9.18. The van der Waals surface area contributed by atoms with E-state index >= 15 is 0 Å². The van der Waals surface area contributed by atoms with E-state index in [0.717, 1.165) is 27.7 Å². The second-order valence-electron chi connectivity index (χ2n) is 6.18. The van der Waals surface area contributed by atoms with E-state index < -0.39 is 0 Å². The number of fused-ring (bicyclic) bond motifs is 1. The van der Waals surface area contributed by atoms with Gasteiger partial charge in [0.05, 0.1) is 6.61 Å². The highest BCUT2D eigenvalue weighted by atomic mass is 32.2. The molecule has 0 spiro atoms. The lowest BCUT2D eigenvalue weighted by atomic mass is 10.1. The number of nitrogens with one attached hydrogen (secondary N) is 1. The van der Waals surface area contributed by atoms with Crippen molar-refractivity contribution in [2.45, 2.75) is 19.0 Å². The number of aliphatic hydroxyl groups excluding tert-OH is 1. The number of benzene rings is 2. The van der Waals surface area contributed by atoms with Crippen LogP contribution < -0.4 is 0 Å². The number of hydrogen-bond donors (Lipinski definition) is 2. The Morgan fingerprint density at radius 1 is 1.08 bits per heavy atom. The monoisotopic (exact) mass is 364 g/mol. The van der Waals surface area contributed by atoms with Gasteiger partial charge in [-0.3, -0.25) is 4.57 Å². The normalized spacial score (nSPS) is 11.3. The van der Waals surface area contributed by atoms with Crippen molar-refractivity contribution in [2.75, 3.05) is 12.4 Å². The Kier molecular flexibility index (Phi) is 4.53. The smallest absolute Gasteiger partial charge is 0.196 e. The molecule has 0 saturated carbocycles. The van der Waals surface area contributed by atoms with E-state index in [0.29, 0.717) is 5.75 Å². The van der Waals surface area contributed by atoms with Gasteiger partial charge in [0.25, 0.3) is 0 Å². The van der Waals surface area contributed by atoms with Crippen LogP contribution in [0.3, 0.4) is 0 Å². The Labute approximate surface area is 156 Å². The molecule has 2 N–H and O–H groups in total. The third-order valence-electron chi connectivity index (χ3n) is 4.54. The largest absolute Gasteiger partial charge is 0.396 e. The summed E-state index contributed by atoms with van der Waals surface area (Å²) in [7, 11) is 0. The summed E-state index contributed by atoms with van der Waals surface area (Å²) in [5.74, 6) is 1.39. The molecular formula is C20H20N4OS. The van der Waals surface area contributed by atoms with E-state index in [9.17, 15) is 5.11 Å². The molecule has 0 saturated heterocycles. The van der Waals surface area contributed by atoms with Gasteiger partial charge in [-0.2, -0.15) is 0 Å². The van der Waals surface area contributed by atoms with Crippen molar-refractivity contribution in [2.24, 2.45) is 0 Å². The van der Waals surface area contributed by atoms with Crippen molar-refractivity contribution in [3.8, 4) is 17.1 Å². The van der Waals surface area contributed by atoms with Crippen molar-refractivity contribution in [3.63, 3.8) is 0 Å². The molecule has 0 aliphatic rings. The zero-order valence-corrected chi connectivity index (χ0v) is 15.5. The summed E-state index contributed by atoms with van der Waals surface area (Å²) in [6.07, 6.45) is 0.